The fourth-order valence-corrected chi connectivity index (χ4v) is 3.47. The zero-order valence-electron chi connectivity index (χ0n) is 12.3. The topological polar surface area (TPSA) is 80.3 Å². The minimum atomic E-state index is -3.40. The molecule has 0 bridgehead atoms. The maximum atomic E-state index is 11.8. The van der Waals surface area contributed by atoms with Crippen LogP contribution in [-0.2, 0) is 14.8 Å². The summed E-state index contributed by atoms with van der Waals surface area (Å²) >= 11 is 1.29. The molecule has 20 heavy (non-hydrogen) atoms. The maximum Gasteiger partial charge on any atom is 0.236 e. The number of hydrogen-bond donors (Lipinski definition) is 2. The summed E-state index contributed by atoms with van der Waals surface area (Å²) in [4.78, 5) is 4.28. The molecule has 116 valence electrons. The predicted molar refractivity (Wildman–Crippen MR) is 82.7 cm³/mol. The van der Waals surface area contributed by atoms with Crippen molar-refractivity contribution in [1.82, 2.24) is 10.3 Å². The Balaban J connectivity index is 2.55. The molecule has 0 aliphatic heterocycles. The molecule has 1 atom stereocenters. The third-order valence-corrected chi connectivity index (χ3v) is 4.64. The normalized spacial score (nSPS) is 13.7. The Hall–Kier alpha value is -0.700. The van der Waals surface area contributed by atoms with E-state index in [-0.39, 0.29) is 24.5 Å². The first kappa shape index (κ1) is 17.4. The van der Waals surface area contributed by atoms with E-state index in [0.717, 1.165) is 12.2 Å². The summed E-state index contributed by atoms with van der Waals surface area (Å²) in [6.45, 7) is 8.77. The van der Waals surface area contributed by atoms with Crippen LogP contribution in [0.15, 0.2) is 5.38 Å². The van der Waals surface area contributed by atoms with Crippen LogP contribution in [0.25, 0.3) is 0 Å². The van der Waals surface area contributed by atoms with Crippen LogP contribution in [0.5, 0.6) is 0 Å². The lowest BCUT2D eigenvalue weighted by atomic mass is 10.3. The predicted octanol–water partition coefficient (Wildman–Crippen LogP) is 1.98. The Morgan fingerprint density at radius 2 is 2.10 bits per heavy atom. The summed E-state index contributed by atoms with van der Waals surface area (Å²) in [7, 11) is -3.40. The Labute approximate surface area is 125 Å². The minimum Gasteiger partial charge on any atom is -0.378 e. The van der Waals surface area contributed by atoms with Gasteiger partial charge in [0.15, 0.2) is 5.13 Å². The first-order chi connectivity index (χ1) is 9.34. The average Bonchev–Trinajstić information content (AvgIpc) is 2.76. The second kappa shape index (κ2) is 7.92. The van der Waals surface area contributed by atoms with Gasteiger partial charge >= 0.3 is 0 Å². The molecule has 1 aromatic heterocycles. The molecule has 1 unspecified atom stereocenters. The summed E-state index contributed by atoms with van der Waals surface area (Å²) in [5, 5.41) is 5.49. The van der Waals surface area contributed by atoms with Crippen LogP contribution in [0.1, 0.15) is 39.4 Å². The number of aromatic nitrogens is 1. The van der Waals surface area contributed by atoms with Crippen molar-refractivity contribution in [2.45, 2.75) is 39.8 Å². The summed E-state index contributed by atoms with van der Waals surface area (Å²) < 4.78 is 31.4. The molecule has 0 aliphatic rings. The van der Waals surface area contributed by atoms with Crippen molar-refractivity contribution in [3.05, 3.63) is 11.1 Å². The van der Waals surface area contributed by atoms with Crippen molar-refractivity contribution in [3.63, 3.8) is 0 Å². The number of rotatable bonds is 9. The van der Waals surface area contributed by atoms with E-state index in [2.05, 4.69) is 15.0 Å². The zero-order chi connectivity index (χ0) is 15.2. The van der Waals surface area contributed by atoms with Crippen molar-refractivity contribution in [3.8, 4) is 0 Å². The molecule has 0 aromatic carbocycles. The quantitative estimate of drug-likeness (QED) is 0.727. The van der Waals surface area contributed by atoms with E-state index < -0.39 is 10.0 Å². The highest BCUT2D eigenvalue weighted by Gasteiger charge is 2.15. The SMILES string of the molecule is CCNC(C)c1csc(NS(=O)(=O)CCOC(C)C)n1. The minimum absolute atomic E-state index is 0.0256. The number of ether oxygens (including phenoxy) is 1. The Bertz CT molecular complexity index is 500. The molecule has 2 N–H and O–H groups in total. The summed E-state index contributed by atoms with van der Waals surface area (Å²) in [5.74, 6) is -0.0666. The number of anilines is 1. The van der Waals surface area contributed by atoms with Crippen molar-refractivity contribution in [1.29, 1.82) is 0 Å². The summed E-state index contributed by atoms with van der Waals surface area (Å²) in [6.07, 6.45) is 0.0256. The van der Waals surface area contributed by atoms with Crippen LogP contribution in [0.4, 0.5) is 5.13 Å². The number of nitrogens with one attached hydrogen (secondary N) is 2. The number of nitrogens with zero attached hydrogens (tertiary/aromatic N) is 1. The van der Waals surface area contributed by atoms with E-state index >= 15 is 0 Å². The third-order valence-electron chi connectivity index (χ3n) is 2.52. The van der Waals surface area contributed by atoms with E-state index in [0.29, 0.717) is 5.13 Å². The van der Waals surface area contributed by atoms with Gasteiger partial charge in [-0.1, -0.05) is 6.92 Å². The van der Waals surface area contributed by atoms with Crippen LogP contribution in [0.3, 0.4) is 0 Å². The smallest absolute Gasteiger partial charge is 0.236 e. The average molecular weight is 321 g/mol. The standard InChI is InChI=1S/C12H23N3O3S2/c1-5-13-10(4)11-8-19-12(14-11)15-20(16,17)7-6-18-9(2)3/h8-10,13H,5-7H2,1-4H3,(H,14,15). The van der Waals surface area contributed by atoms with E-state index in [4.69, 9.17) is 4.74 Å². The van der Waals surface area contributed by atoms with Gasteiger partial charge in [-0.15, -0.1) is 11.3 Å². The van der Waals surface area contributed by atoms with Crippen molar-refractivity contribution < 1.29 is 13.2 Å². The largest absolute Gasteiger partial charge is 0.378 e. The first-order valence-corrected chi connectivity index (χ1v) is 9.18. The molecule has 1 heterocycles. The molecular weight excluding hydrogens is 298 g/mol. The molecule has 0 amide bonds. The lowest BCUT2D eigenvalue weighted by Crippen LogP contribution is -2.22. The van der Waals surface area contributed by atoms with Crippen molar-refractivity contribution in [2.75, 3.05) is 23.6 Å². The molecule has 0 radical (unpaired) electrons. The molecule has 6 nitrogen and oxygen atoms in total. The van der Waals surface area contributed by atoms with Gasteiger partial charge in [-0.25, -0.2) is 13.4 Å². The molecule has 0 saturated carbocycles. The van der Waals surface area contributed by atoms with Gasteiger partial charge in [-0.3, -0.25) is 4.72 Å². The fraction of sp³-hybridized carbons (Fsp3) is 0.750. The molecule has 0 aliphatic carbocycles. The van der Waals surface area contributed by atoms with Gasteiger partial charge < -0.3 is 10.1 Å². The van der Waals surface area contributed by atoms with Crippen LogP contribution in [0.2, 0.25) is 0 Å². The molecule has 8 heteroatoms. The lowest BCUT2D eigenvalue weighted by Gasteiger charge is -2.09. The fourth-order valence-electron chi connectivity index (χ4n) is 1.52. The summed E-state index contributed by atoms with van der Waals surface area (Å²) in [6, 6.07) is 0.110. The van der Waals surface area contributed by atoms with E-state index in [1.54, 1.807) is 0 Å². The highest BCUT2D eigenvalue weighted by atomic mass is 32.2. The van der Waals surface area contributed by atoms with Gasteiger partial charge in [0.25, 0.3) is 0 Å². The Morgan fingerprint density at radius 1 is 1.40 bits per heavy atom. The number of sulfonamides is 1. The van der Waals surface area contributed by atoms with Gasteiger partial charge in [0.05, 0.1) is 24.2 Å². The highest BCUT2D eigenvalue weighted by Crippen LogP contribution is 2.21. The van der Waals surface area contributed by atoms with Gasteiger partial charge in [0, 0.05) is 11.4 Å². The molecule has 1 aromatic rings. The number of thiazole rings is 1. The monoisotopic (exact) mass is 321 g/mol. The molecule has 0 saturated heterocycles. The van der Waals surface area contributed by atoms with Crippen molar-refractivity contribution >= 4 is 26.5 Å². The summed E-state index contributed by atoms with van der Waals surface area (Å²) in [5.41, 5.74) is 0.841. The number of hydrogen-bond acceptors (Lipinski definition) is 6. The van der Waals surface area contributed by atoms with Crippen molar-refractivity contribution in [2.24, 2.45) is 0 Å². The molecule has 0 fully saturated rings. The highest BCUT2D eigenvalue weighted by molar-refractivity contribution is 7.92. The zero-order valence-corrected chi connectivity index (χ0v) is 14.0. The van der Waals surface area contributed by atoms with Crippen LogP contribution < -0.4 is 10.0 Å². The van der Waals surface area contributed by atoms with Crippen LogP contribution in [-0.4, -0.2) is 38.4 Å². The first-order valence-electron chi connectivity index (χ1n) is 6.65. The maximum absolute atomic E-state index is 11.8. The van der Waals surface area contributed by atoms with E-state index in [1.165, 1.54) is 11.3 Å². The van der Waals surface area contributed by atoms with Gasteiger partial charge in [0.2, 0.25) is 10.0 Å². The Kier molecular flexibility index (Phi) is 6.87. The van der Waals surface area contributed by atoms with E-state index in [1.807, 2.05) is 33.1 Å². The van der Waals surface area contributed by atoms with Crippen LogP contribution >= 0.6 is 11.3 Å². The Morgan fingerprint density at radius 3 is 2.70 bits per heavy atom. The molecular formula is C12H23N3O3S2. The molecule has 0 spiro atoms. The molecule has 1 rings (SSSR count). The lowest BCUT2D eigenvalue weighted by molar-refractivity contribution is 0.0913. The van der Waals surface area contributed by atoms with E-state index in [9.17, 15) is 8.42 Å². The van der Waals surface area contributed by atoms with Gasteiger partial charge in [0.1, 0.15) is 0 Å². The third kappa shape index (κ3) is 6.17. The van der Waals surface area contributed by atoms with Gasteiger partial charge in [-0.05, 0) is 27.3 Å². The van der Waals surface area contributed by atoms with Gasteiger partial charge in [-0.2, -0.15) is 0 Å². The van der Waals surface area contributed by atoms with Crippen LogP contribution in [0, 0.1) is 0 Å². The second-order valence-electron chi connectivity index (χ2n) is 4.70. The second-order valence-corrected chi connectivity index (χ2v) is 7.40.